The largest absolute Gasteiger partial charge is 0.324 e. The van der Waals surface area contributed by atoms with Crippen LogP contribution < -0.4 is 10.2 Å². The van der Waals surface area contributed by atoms with Gasteiger partial charge in [-0.15, -0.1) is 0 Å². The second-order valence-corrected chi connectivity index (χ2v) is 5.92. The van der Waals surface area contributed by atoms with Gasteiger partial charge in [0, 0.05) is 23.6 Å². The number of aromatic nitrogens is 2. The second kappa shape index (κ2) is 8.11. The Morgan fingerprint density at radius 2 is 1.89 bits per heavy atom. The molecule has 6 heteroatoms. The fourth-order valence-electron chi connectivity index (χ4n) is 2.72. The minimum atomic E-state index is -0.192. The number of amides is 1. The Morgan fingerprint density at radius 1 is 1.11 bits per heavy atom. The van der Waals surface area contributed by atoms with E-state index >= 15 is 0 Å². The average molecular weight is 357 g/mol. The SMILES string of the molecule is CCN(C(=O)c1cc(C)nc(Nc2cccc(C#N)c2)n1)c1ccccc1. The summed E-state index contributed by atoms with van der Waals surface area (Å²) in [7, 11) is 0. The van der Waals surface area contributed by atoms with Crippen LogP contribution in [0.15, 0.2) is 60.7 Å². The number of nitrogens with zero attached hydrogens (tertiary/aromatic N) is 4. The van der Waals surface area contributed by atoms with Crippen LogP contribution >= 0.6 is 0 Å². The van der Waals surface area contributed by atoms with E-state index in [0.29, 0.717) is 35.1 Å². The van der Waals surface area contributed by atoms with Gasteiger partial charge in [0.1, 0.15) is 5.69 Å². The molecule has 2 aromatic carbocycles. The molecule has 1 aromatic heterocycles. The van der Waals surface area contributed by atoms with E-state index < -0.39 is 0 Å². The third-order valence-corrected chi connectivity index (χ3v) is 3.95. The minimum Gasteiger partial charge on any atom is -0.324 e. The normalized spacial score (nSPS) is 10.1. The molecule has 0 unspecified atom stereocenters. The maximum Gasteiger partial charge on any atom is 0.277 e. The molecule has 3 aromatic rings. The topological polar surface area (TPSA) is 81.9 Å². The predicted octanol–water partition coefficient (Wildman–Crippen LogP) is 4.07. The minimum absolute atomic E-state index is 0.192. The van der Waals surface area contributed by atoms with Crippen LogP contribution in [0.1, 0.15) is 28.7 Å². The van der Waals surface area contributed by atoms with Crippen molar-refractivity contribution in [3.63, 3.8) is 0 Å². The third kappa shape index (κ3) is 4.28. The lowest BCUT2D eigenvalue weighted by molar-refractivity contribution is 0.0983. The fraction of sp³-hybridized carbons (Fsp3) is 0.143. The quantitative estimate of drug-likeness (QED) is 0.744. The molecule has 0 aliphatic heterocycles. The monoisotopic (exact) mass is 357 g/mol. The number of nitriles is 1. The van der Waals surface area contributed by atoms with Crippen molar-refractivity contribution in [3.05, 3.63) is 77.6 Å². The van der Waals surface area contributed by atoms with Gasteiger partial charge in [-0.2, -0.15) is 5.26 Å². The highest BCUT2D eigenvalue weighted by atomic mass is 16.2. The molecule has 0 bridgehead atoms. The summed E-state index contributed by atoms with van der Waals surface area (Å²) in [6.07, 6.45) is 0. The molecule has 0 spiro atoms. The summed E-state index contributed by atoms with van der Waals surface area (Å²) >= 11 is 0. The smallest absolute Gasteiger partial charge is 0.277 e. The van der Waals surface area contributed by atoms with E-state index in [1.54, 1.807) is 29.2 Å². The van der Waals surface area contributed by atoms with Crippen molar-refractivity contribution in [1.29, 1.82) is 5.26 Å². The van der Waals surface area contributed by atoms with Crippen LogP contribution in [-0.2, 0) is 0 Å². The van der Waals surface area contributed by atoms with E-state index in [0.717, 1.165) is 5.69 Å². The van der Waals surface area contributed by atoms with Crippen molar-refractivity contribution in [1.82, 2.24) is 9.97 Å². The molecule has 1 amide bonds. The zero-order chi connectivity index (χ0) is 19.2. The number of carbonyl (C=O) groups excluding carboxylic acids is 1. The fourth-order valence-corrected chi connectivity index (χ4v) is 2.72. The summed E-state index contributed by atoms with van der Waals surface area (Å²) in [6.45, 7) is 4.26. The zero-order valence-corrected chi connectivity index (χ0v) is 15.2. The standard InChI is InChI=1S/C21H19N5O/c1-3-26(18-10-5-4-6-11-18)20(27)19-12-15(2)23-21(25-19)24-17-9-7-8-16(13-17)14-22/h4-13H,3H2,1-2H3,(H,23,24,25). The van der Waals surface area contributed by atoms with E-state index in [9.17, 15) is 4.79 Å². The molecule has 0 aliphatic rings. The first kappa shape index (κ1) is 18.1. The molecule has 1 heterocycles. The van der Waals surface area contributed by atoms with Crippen LogP contribution in [0.2, 0.25) is 0 Å². The lowest BCUT2D eigenvalue weighted by Gasteiger charge is -2.21. The van der Waals surface area contributed by atoms with Crippen molar-refractivity contribution < 1.29 is 4.79 Å². The van der Waals surface area contributed by atoms with Crippen molar-refractivity contribution >= 4 is 23.2 Å². The zero-order valence-electron chi connectivity index (χ0n) is 15.2. The number of carbonyl (C=O) groups is 1. The molecular formula is C21H19N5O. The van der Waals surface area contributed by atoms with E-state index in [4.69, 9.17) is 5.26 Å². The highest BCUT2D eigenvalue weighted by Crippen LogP contribution is 2.19. The number of benzene rings is 2. The average Bonchev–Trinajstić information content (AvgIpc) is 2.69. The van der Waals surface area contributed by atoms with Gasteiger partial charge >= 0.3 is 0 Å². The summed E-state index contributed by atoms with van der Waals surface area (Å²) in [5, 5.41) is 12.1. The summed E-state index contributed by atoms with van der Waals surface area (Å²) in [6, 6.07) is 20.3. The van der Waals surface area contributed by atoms with Crippen LogP contribution in [0.5, 0.6) is 0 Å². The lowest BCUT2D eigenvalue weighted by atomic mass is 10.2. The number of hydrogen-bond acceptors (Lipinski definition) is 5. The first-order valence-electron chi connectivity index (χ1n) is 8.60. The Balaban J connectivity index is 1.90. The molecule has 6 nitrogen and oxygen atoms in total. The van der Waals surface area contributed by atoms with Crippen molar-refractivity contribution in [2.45, 2.75) is 13.8 Å². The molecule has 0 atom stereocenters. The first-order valence-corrected chi connectivity index (χ1v) is 8.60. The van der Waals surface area contributed by atoms with Crippen molar-refractivity contribution in [2.24, 2.45) is 0 Å². The van der Waals surface area contributed by atoms with E-state index in [2.05, 4.69) is 21.4 Å². The van der Waals surface area contributed by atoms with Crippen LogP contribution in [0, 0.1) is 18.3 Å². The Kier molecular flexibility index (Phi) is 5.43. The van der Waals surface area contributed by atoms with E-state index in [-0.39, 0.29) is 5.91 Å². The maximum atomic E-state index is 13.0. The Hall–Kier alpha value is -3.72. The molecule has 1 N–H and O–H groups in total. The highest BCUT2D eigenvalue weighted by molar-refractivity contribution is 6.05. The summed E-state index contributed by atoms with van der Waals surface area (Å²) in [4.78, 5) is 23.4. The van der Waals surface area contributed by atoms with Gasteiger partial charge in [-0.1, -0.05) is 24.3 Å². The van der Waals surface area contributed by atoms with Gasteiger partial charge in [0.15, 0.2) is 0 Å². The number of nitrogens with one attached hydrogen (secondary N) is 1. The Morgan fingerprint density at radius 3 is 2.59 bits per heavy atom. The molecule has 0 radical (unpaired) electrons. The lowest BCUT2D eigenvalue weighted by Crippen LogP contribution is -2.31. The number of anilines is 3. The van der Waals surface area contributed by atoms with Crippen molar-refractivity contribution in [2.75, 3.05) is 16.8 Å². The van der Waals surface area contributed by atoms with Crippen LogP contribution in [0.3, 0.4) is 0 Å². The summed E-state index contributed by atoms with van der Waals surface area (Å²) < 4.78 is 0. The summed E-state index contributed by atoms with van der Waals surface area (Å²) in [5.74, 6) is 0.126. The third-order valence-electron chi connectivity index (χ3n) is 3.95. The van der Waals surface area contributed by atoms with Crippen LogP contribution in [-0.4, -0.2) is 22.4 Å². The van der Waals surface area contributed by atoms with E-state index in [1.807, 2.05) is 50.2 Å². The van der Waals surface area contributed by atoms with Crippen molar-refractivity contribution in [3.8, 4) is 6.07 Å². The molecule has 27 heavy (non-hydrogen) atoms. The molecular weight excluding hydrogens is 338 g/mol. The van der Waals surface area contributed by atoms with Gasteiger partial charge in [0.25, 0.3) is 5.91 Å². The number of aryl methyl sites for hydroxylation is 1. The first-order chi connectivity index (χ1) is 13.1. The molecule has 0 fully saturated rings. The number of para-hydroxylation sites is 1. The van der Waals surface area contributed by atoms with Crippen LogP contribution in [0.25, 0.3) is 0 Å². The Labute approximate surface area is 158 Å². The molecule has 0 aliphatic carbocycles. The highest BCUT2D eigenvalue weighted by Gasteiger charge is 2.18. The molecule has 0 saturated carbocycles. The van der Waals surface area contributed by atoms with Gasteiger partial charge in [0.2, 0.25) is 5.95 Å². The molecule has 134 valence electrons. The molecule has 3 rings (SSSR count). The van der Waals surface area contributed by atoms with Gasteiger partial charge in [-0.25, -0.2) is 9.97 Å². The van der Waals surface area contributed by atoms with Gasteiger partial charge in [-0.3, -0.25) is 4.79 Å². The van der Waals surface area contributed by atoms with Crippen LogP contribution in [0.4, 0.5) is 17.3 Å². The van der Waals surface area contributed by atoms with Gasteiger partial charge in [-0.05, 0) is 50.2 Å². The number of rotatable bonds is 5. The molecule has 0 saturated heterocycles. The van der Waals surface area contributed by atoms with Gasteiger partial charge < -0.3 is 10.2 Å². The summed E-state index contributed by atoms with van der Waals surface area (Å²) in [5.41, 5.74) is 3.03. The number of hydrogen-bond donors (Lipinski definition) is 1. The Bertz CT molecular complexity index is 995. The predicted molar refractivity (Wildman–Crippen MR) is 105 cm³/mol. The second-order valence-electron chi connectivity index (χ2n) is 5.92. The maximum absolute atomic E-state index is 13.0. The van der Waals surface area contributed by atoms with Gasteiger partial charge in [0.05, 0.1) is 11.6 Å². The van der Waals surface area contributed by atoms with E-state index in [1.165, 1.54) is 0 Å².